The van der Waals surface area contributed by atoms with Crippen LogP contribution in [0, 0.1) is 0 Å². The van der Waals surface area contributed by atoms with Crippen LogP contribution in [0.2, 0.25) is 0 Å². The molecular weight excluding hydrogens is 390 g/mol. The molecule has 0 atom stereocenters. The lowest BCUT2D eigenvalue weighted by Crippen LogP contribution is -2.29. The fourth-order valence-electron chi connectivity index (χ4n) is 4.90. The van der Waals surface area contributed by atoms with Crippen LogP contribution in [0.15, 0.2) is 29.3 Å². The lowest BCUT2D eigenvalue weighted by Gasteiger charge is -2.20. The Bertz CT molecular complexity index is 1160. The highest BCUT2D eigenvalue weighted by Crippen LogP contribution is 2.41. The average Bonchev–Trinajstić information content (AvgIpc) is 3.35. The number of fused-ring (bicyclic) bond motifs is 4. The second-order valence-electron chi connectivity index (χ2n) is 8.44. The lowest BCUT2D eigenvalue weighted by molar-refractivity contribution is -0.143. The number of carbonyl (C=O) groups excluding carboxylic acids is 1. The number of anilines is 1. The third-order valence-electron chi connectivity index (χ3n) is 6.51. The van der Waals surface area contributed by atoms with Crippen molar-refractivity contribution in [3.05, 3.63) is 46.1 Å². The third-order valence-corrected chi connectivity index (χ3v) is 6.51. The molecule has 0 aromatic heterocycles. The van der Waals surface area contributed by atoms with E-state index in [1.807, 2.05) is 6.92 Å². The van der Waals surface area contributed by atoms with Gasteiger partial charge >= 0.3 is 5.97 Å². The SMILES string of the molecule is CCOC(=O)CCCC[N+]1=c2cc3c(cc2CC1)=Nc1cc2c(cc1O3)N(CC)CC2. The van der Waals surface area contributed by atoms with Crippen LogP contribution in [0.3, 0.4) is 0 Å². The molecule has 0 radical (unpaired) electrons. The first kappa shape index (κ1) is 20.0. The highest BCUT2D eigenvalue weighted by atomic mass is 16.5. The number of ether oxygens (including phenoxy) is 2. The molecule has 0 aliphatic carbocycles. The summed E-state index contributed by atoms with van der Waals surface area (Å²) in [4.78, 5) is 18.9. The predicted molar refractivity (Wildman–Crippen MR) is 120 cm³/mol. The van der Waals surface area contributed by atoms with Gasteiger partial charge in [-0.15, -0.1) is 0 Å². The number of esters is 1. The van der Waals surface area contributed by atoms with E-state index in [-0.39, 0.29) is 5.97 Å². The van der Waals surface area contributed by atoms with Crippen LogP contribution < -0.4 is 24.9 Å². The number of rotatable bonds is 7. The third kappa shape index (κ3) is 3.80. The Kier molecular flexibility index (Phi) is 5.38. The van der Waals surface area contributed by atoms with Crippen molar-refractivity contribution in [2.75, 3.05) is 37.7 Å². The van der Waals surface area contributed by atoms with Crippen molar-refractivity contribution in [2.45, 2.75) is 46.0 Å². The van der Waals surface area contributed by atoms with Gasteiger partial charge in [-0.2, -0.15) is 0 Å². The van der Waals surface area contributed by atoms with Crippen LogP contribution in [-0.4, -0.2) is 38.8 Å². The molecule has 3 aliphatic heterocycles. The van der Waals surface area contributed by atoms with E-state index >= 15 is 0 Å². The molecule has 6 heteroatoms. The Balaban J connectivity index is 1.38. The molecule has 162 valence electrons. The molecule has 0 fully saturated rings. The zero-order chi connectivity index (χ0) is 21.4. The van der Waals surface area contributed by atoms with Crippen molar-refractivity contribution in [2.24, 2.45) is 4.99 Å². The van der Waals surface area contributed by atoms with E-state index in [0.29, 0.717) is 13.0 Å². The van der Waals surface area contributed by atoms with E-state index in [0.717, 1.165) is 74.4 Å². The molecule has 0 bridgehead atoms. The summed E-state index contributed by atoms with van der Waals surface area (Å²) in [7, 11) is 0. The first-order valence-corrected chi connectivity index (χ1v) is 11.5. The van der Waals surface area contributed by atoms with Crippen molar-refractivity contribution in [1.82, 2.24) is 4.58 Å². The maximum atomic E-state index is 11.5. The summed E-state index contributed by atoms with van der Waals surface area (Å²) in [5.74, 6) is 1.59. The van der Waals surface area contributed by atoms with E-state index in [4.69, 9.17) is 14.5 Å². The zero-order valence-electron chi connectivity index (χ0n) is 18.4. The van der Waals surface area contributed by atoms with Gasteiger partial charge in [0.25, 0.3) is 0 Å². The molecule has 3 aliphatic rings. The van der Waals surface area contributed by atoms with E-state index in [2.05, 4.69) is 40.7 Å². The molecule has 6 nitrogen and oxygen atoms in total. The number of likely N-dealkylation sites (N-methyl/N-ethyl adjacent to an activating group) is 1. The summed E-state index contributed by atoms with van der Waals surface area (Å²) < 4.78 is 13.8. The van der Waals surface area contributed by atoms with Crippen LogP contribution in [0.25, 0.3) is 0 Å². The van der Waals surface area contributed by atoms with Crippen molar-refractivity contribution >= 4 is 17.3 Å². The van der Waals surface area contributed by atoms with Gasteiger partial charge in [0.15, 0.2) is 11.5 Å². The normalized spacial score (nSPS) is 15.5. The maximum absolute atomic E-state index is 11.5. The second kappa shape index (κ2) is 8.33. The summed E-state index contributed by atoms with van der Waals surface area (Å²) in [6, 6.07) is 8.71. The average molecular weight is 421 g/mol. The number of carbonyl (C=O) groups is 1. The largest absolute Gasteiger partial charge is 0.466 e. The number of benzene rings is 2. The molecule has 3 heterocycles. The standard InChI is InChI=1S/C25H30N3O3/c1-3-27-11-8-17-13-19-23(15-21(17)27)31-24-16-22-18(14-20(24)26-19)9-12-28(22)10-6-5-7-25(29)30-4-2/h13-16H,3-12H2,1-2H3/q+1. The Morgan fingerprint density at radius 2 is 2.03 bits per heavy atom. The Hall–Kier alpha value is -2.89. The molecule has 2 aromatic rings. The first-order chi connectivity index (χ1) is 15.2. The van der Waals surface area contributed by atoms with Gasteiger partial charge in [-0.1, -0.05) is 0 Å². The Morgan fingerprint density at radius 3 is 2.87 bits per heavy atom. The van der Waals surface area contributed by atoms with Gasteiger partial charge in [-0.05, 0) is 44.4 Å². The molecular formula is C25H30N3O3+. The number of hydrogen-bond donors (Lipinski definition) is 0. The van der Waals surface area contributed by atoms with Gasteiger partial charge in [0.2, 0.25) is 5.36 Å². The van der Waals surface area contributed by atoms with Gasteiger partial charge in [0.05, 0.1) is 12.7 Å². The molecule has 2 aromatic carbocycles. The van der Waals surface area contributed by atoms with Crippen LogP contribution in [0.1, 0.15) is 44.2 Å². The van der Waals surface area contributed by atoms with Crippen LogP contribution in [-0.2, 0) is 22.4 Å². The minimum atomic E-state index is -0.0970. The van der Waals surface area contributed by atoms with Gasteiger partial charge < -0.3 is 14.4 Å². The quantitative estimate of drug-likeness (QED) is 0.335. The second-order valence-corrected chi connectivity index (χ2v) is 8.44. The summed E-state index contributed by atoms with van der Waals surface area (Å²) in [6.45, 7) is 8.53. The van der Waals surface area contributed by atoms with Gasteiger partial charge in [-0.3, -0.25) is 4.79 Å². The summed E-state index contributed by atoms with van der Waals surface area (Å²) in [5.41, 5.74) is 4.92. The minimum absolute atomic E-state index is 0.0970. The van der Waals surface area contributed by atoms with Crippen LogP contribution in [0.4, 0.5) is 11.4 Å². The monoisotopic (exact) mass is 420 g/mol. The number of unbranched alkanes of at least 4 members (excludes halogenated alkanes) is 1. The summed E-state index contributed by atoms with van der Waals surface area (Å²) in [6.07, 6.45) is 4.43. The van der Waals surface area contributed by atoms with Crippen molar-refractivity contribution in [3.63, 3.8) is 0 Å². The lowest BCUT2D eigenvalue weighted by atomic mass is 10.1. The number of nitrogens with zero attached hydrogens (tertiary/aromatic N) is 3. The van der Waals surface area contributed by atoms with Gasteiger partial charge in [0, 0.05) is 49.7 Å². The highest BCUT2D eigenvalue weighted by molar-refractivity contribution is 5.70. The fraction of sp³-hybridized carbons (Fsp3) is 0.480. The smallest absolute Gasteiger partial charge is 0.305 e. The Morgan fingerprint density at radius 1 is 1.13 bits per heavy atom. The van der Waals surface area contributed by atoms with Crippen LogP contribution >= 0.6 is 0 Å². The molecule has 0 amide bonds. The molecule has 0 saturated carbocycles. The predicted octanol–water partition coefficient (Wildman–Crippen LogP) is 2.91. The maximum Gasteiger partial charge on any atom is 0.305 e. The van der Waals surface area contributed by atoms with E-state index in [1.165, 1.54) is 22.2 Å². The van der Waals surface area contributed by atoms with E-state index in [1.54, 1.807) is 0 Å². The molecule has 0 saturated heterocycles. The fourth-order valence-corrected chi connectivity index (χ4v) is 4.90. The first-order valence-electron chi connectivity index (χ1n) is 11.5. The number of hydrogen-bond acceptors (Lipinski definition) is 5. The Labute approximate surface area is 182 Å². The van der Waals surface area contributed by atoms with E-state index in [9.17, 15) is 4.79 Å². The minimum Gasteiger partial charge on any atom is -0.466 e. The molecule has 0 N–H and O–H groups in total. The summed E-state index contributed by atoms with van der Waals surface area (Å²) in [5, 5.41) is 2.17. The van der Waals surface area contributed by atoms with Gasteiger partial charge in [0.1, 0.15) is 24.1 Å². The van der Waals surface area contributed by atoms with Crippen molar-refractivity contribution < 1.29 is 14.3 Å². The van der Waals surface area contributed by atoms with E-state index < -0.39 is 0 Å². The molecule has 0 spiro atoms. The van der Waals surface area contributed by atoms with Crippen LogP contribution in [0.5, 0.6) is 11.5 Å². The molecule has 5 rings (SSSR count). The molecule has 0 unspecified atom stereocenters. The highest BCUT2D eigenvalue weighted by Gasteiger charge is 2.25. The van der Waals surface area contributed by atoms with Gasteiger partial charge in [-0.25, -0.2) is 9.57 Å². The zero-order valence-corrected chi connectivity index (χ0v) is 18.4. The van der Waals surface area contributed by atoms with Crippen molar-refractivity contribution in [1.29, 1.82) is 0 Å². The van der Waals surface area contributed by atoms with Crippen molar-refractivity contribution in [3.8, 4) is 11.5 Å². The summed E-state index contributed by atoms with van der Waals surface area (Å²) >= 11 is 0. The molecule has 31 heavy (non-hydrogen) atoms. The topological polar surface area (TPSA) is 54.1 Å².